The summed E-state index contributed by atoms with van der Waals surface area (Å²) < 4.78 is 9.66. The van der Waals surface area contributed by atoms with Crippen LogP contribution in [-0.4, -0.2) is 34.1 Å². The third-order valence-electron chi connectivity index (χ3n) is 2.41. The van der Waals surface area contributed by atoms with Gasteiger partial charge in [0.15, 0.2) is 28.8 Å². The predicted octanol–water partition coefficient (Wildman–Crippen LogP) is 0.495. The summed E-state index contributed by atoms with van der Waals surface area (Å²) in [6, 6.07) is 4.78. The van der Waals surface area contributed by atoms with Crippen molar-refractivity contribution in [2.24, 2.45) is 15.9 Å². The second-order valence-electron chi connectivity index (χ2n) is 3.89. The van der Waals surface area contributed by atoms with Crippen molar-refractivity contribution in [3.63, 3.8) is 0 Å². The molecule has 0 radical (unpaired) electrons. The molecule has 0 aliphatic heterocycles. The fraction of sp³-hybridized carbons (Fsp3) is 0.167. The smallest absolute Gasteiger partial charge is 0.199 e. The van der Waals surface area contributed by atoms with Crippen LogP contribution in [0.15, 0.2) is 33.0 Å². The molecule has 0 fully saturated rings. The fourth-order valence-electron chi connectivity index (χ4n) is 1.46. The number of amidine groups is 1. The lowest BCUT2D eigenvalue weighted by molar-refractivity contribution is 0.308. The number of aromatic hydroxyl groups is 1. The van der Waals surface area contributed by atoms with Gasteiger partial charge in [-0.2, -0.15) is 5.10 Å². The number of hydrogen-bond acceptors (Lipinski definition) is 8. The van der Waals surface area contributed by atoms with E-state index in [1.54, 1.807) is 12.1 Å². The van der Waals surface area contributed by atoms with Gasteiger partial charge in [0.25, 0.3) is 0 Å². The van der Waals surface area contributed by atoms with Crippen molar-refractivity contribution < 1.29 is 14.5 Å². The largest absolute Gasteiger partial charge is 0.504 e. The number of benzene rings is 1. The van der Waals surface area contributed by atoms with Gasteiger partial charge in [-0.05, 0) is 41.0 Å². The Labute approximate surface area is 119 Å². The summed E-state index contributed by atoms with van der Waals surface area (Å²) in [6.45, 7) is 2.26. The van der Waals surface area contributed by atoms with E-state index in [4.69, 9.17) is 16.2 Å². The number of nitrogen functional groups attached to an aromatic ring is 1. The number of nitrogens with zero attached hydrogens (tertiary/aromatic N) is 4. The second-order valence-corrected chi connectivity index (χ2v) is 3.89. The highest BCUT2D eigenvalue weighted by atomic mass is 16.6. The van der Waals surface area contributed by atoms with Gasteiger partial charge in [-0.1, -0.05) is 0 Å². The van der Waals surface area contributed by atoms with Crippen LogP contribution in [0.3, 0.4) is 0 Å². The average Bonchev–Trinajstić information content (AvgIpc) is 2.89. The van der Waals surface area contributed by atoms with Crippen molar-refractivity contribution in [3.8, 4) is 11.5 Å². The molecule has 110 valence electrons. The maximum absolute atomic E-state index is 9.58. The Bertz CT molecular complexity index is 679. The van der Waals surface area contributed by atoms with E-state index in [2.05, 4.69) is 25.1 Å². The number of phenolic OH excluding ortho intramolecular Hbond substituents is 1. The summed E-state index contributed by atoms with van der Waals surface area (Å²) >= 11 is 0. The molecule has 2 rings (SSSR count). The quantitative estimate of drug-likeness (QED) is 0.412. The molecule has 2 aromatic rings. The SMILES string of the molecule is CCOc1cc(C=N/N=C(\N)c2nonc2N)ccc1O. The predicted molar refractivity (Wildman–Crippen MR) is 76.3 cm³/mol. The minimum absolute atomic E-state index is 0.0196. The summed E-state index contributed by atoms with van der Waals surface area (Å²) in [5.74, 6) is 0.435. The number of nitrogens with two attached hydrogens (primary N) is 2. The zero-order valence-corrected chi connectivity index (χ0v) is 11.2. The van der Waals surface area contributed by atoms with E-state index in [1.165, 1.54) is 12.3 Å². The molecule has 0 aliphatic carbocycles. The molecule has 0 spiro atoms. The van der Waals surface area contributed by atoms with Gasteiger partial charge in [0.05, 0.1) is 12.8 Å². The van der Waals surface area contributed by atoms with Crippen LogP contribution in [-0.2, 0) is 0 Å². The third kappa shape index (κ3) is 3.47. The molecule has 0 atom stereocenters. The van der Waals surface area contributed by atoms with Crippen molar-refractivity contribution in [1.82, 2.24) is 10.3 Å². The van der Waals surface area contributed by atoms with Gasteiger partial charge in [-0.25, -0.2) is 4.63 Å². The van der Waals surface area contributed by atoms with Gasteiger partial charge in [0.2, 0.25) is 0 Å². The highest BCUT2D eigenvalue weighted by Gasteiger charge is 2.10. The van der Waals surface area contributed by atoms with Gasteiger partial charge in [0.1, 0.15) is 0 Å². The van der Waals surface area contributed by atoms with Crippen molar-refractivity contribution in [2.75, 3.05) is 12.3 Å². The Morgan fingerprint density at radius 1 is 1.48 bits per heavy atom. The van der Waals surface area contributed by atoms with E-state index in [0.717, 1.165) is 0 Å². The van der Waals surface area contributed by atoms with E-state index in [9.17, 15) is 5.11 Å². The third-order valence-corrected chi connectivity index (χ3v) is 2.41. The second kappa shape index (κ2) is 6.37. The molecule has 0 amide bonds. The molecule has 1 aromatic carbocycles. The first kappa shape index (κ1) is 14.3. The summed E-state index contributed by atoms with van der Waals surface area (Å²) in [4.78, 5) is 0. The molecule has 5 N–H and O–H groups in total. The van der Waals surface area contributed by atoms with Crippen LogP contribution in [0, 0.1) is 0 Å². The Morgan fingerprint density at radius 3 is 2.95 bits per heavy atom. The van der Waals surface area contributed by atoms with Gasteiger partial charge in [-0.15, -0.1) is 5.10 Å². The normalized spacial score (nSPS) is 12.0. The summed E-state index contributed by atoms with van der Waals surface area (Å²) in [5, 5.41) is 24.0. The van der Waals surface area contributed by atoms with Gasteiger partial charge in [0, 0.05) is 0 Å². The van der Waals surface area contributed by atoms with E-state index >= 15 is 0 Å². The number of ether oxygens (including phenoxy) is 1. The monoisotopic (exact) mass is 290 g/mol. The molecular weight excluding hydrogens is 276 g/mol. The number of aromatic nitrogens is 2. The summed E-state index contributed by atoms with van der Waals surface area (Å²) in [7, 11) is 0. The maximum Gasteiger partial charge on any atom is 0.199 e. The van der Waals surface area contributed by atoms with Crippen molar-refractivity contribution in [3.05, 3.63) is 29.5 Å². The summed E-state index contributed by atoms with van der Waals surface area (Å²) in [5.41, 5.74) is 11.9. The van der Waals surface area contributed by atoms with Gasteiger partial charge in [-0.3, -0.25) is 0 Å². The molecule has 0 aliphatic rings. The first-order chi connectivity index (χ1) is 10.1. The molecule has 21 heavy (non-hydrogen) atoms. The Morgan fingerprint density at radius 2 is 2.29 bits per heavy atom. The first-order valence-electron chi connectivity index (χ1n) is 6.02. The lowest BCUT2D eigenvalue weighted by atomic mass is 10.2. The molecule has 1 heterocycles. The molecule has 9 nitrogen and oxygen atoms in total. The lowest BCUT2D eigenvalue weighted by Gasteiger charge is -2.05. The maximum atomic E-state index is 9.58. The van der Waals surface area contributed by atoms with Crippen molar-refractivity contribution in [1.29, 1.82) is 0 Å². The van der Waals surface area contributed by atoms with E-state index < -0.39 is 0 Å². The van der Waals surface area contributed by atoms with E-state index in [-0.39, 0.29) is 23.1 Å². The van der Waals surface area contributed by atoms with Crippen LogP contribution in [0.5, 0.6) is 11.5 Å². The molecular formula is C12H14N6O3. The van der Waals surface area contributed by atoms with Crippen LogP contribution in [0.25, 0.3) is 0 Å². The number of phenols is 1. The molecule has 0 saturated carbocycles. The molecule has 0 saturated heterocycles. The average molecular weight is 290 g/mol. The summed E-state index contributed by atoms with van der Waals surface area (Å²) in [6.07, 6.45) is 1.44. The first-order valence-corrected chi connectivity index (χ1v) is 6.02. The lowest BCUT2D eigenvalue weighted by Crippen LogP contribution is -2.15. The molecule has 1 aromatic heterocycles. The molecule has 0 unspecified atom stereocenters. The van der Waals surface area contributed by atoms with Crippen LogP contribution >= 0.6 is 0 Å². The Hall–Kier alpha value is -3.10. The van der Waals surface area contributed by atoms with Crippen LogP contribution in [0.1, 0.15) is 18.2 Å². The zero-order valence-electron chi connectivity index (χ0n) is 11.2. The highest BCUT2D eigenvalue weighted by Crippen LogP contribution is 2.26. The zero-order chi connectivity index (χ0) is 15.2. The van der Waals surface area contributed by atoms with Crippen molar-refractivity contribution >= 4 is 17.9 Å². The standard InChI is InChI=1S/C12H14N6O3/c1-2-20-9-5-7(3-4-8(9)19)6-15-16-11(13)10-12(14)18-21-17-10/h3-6,19H,2H2,1H3,(H2,13,16)(H2,14,18). The van der Waals surface area contributed by atoms with E-state index in [1.807, 2.05) is 6.92 Å². The van der Waals surface area contributed by atoms with Crippen molar-refractivity contribution in [2.45, 2.75) is 6.92 Å². The number of rotatable bonds is 5. The topological polar surface area (TPSA) is 145 Å². The number of anilines is 1. The van der Waals surface area contributed by atoms with Gasteiger partial charge >= 0.3 is 0 Å². The molecule has 9 heteroatoms. The van der Waals surface area contributed by atoms with Crippen LogP contribution in [0.4, 0.5) is 5.82 Å². The minimum Gasteiger partial charge on any atom is -0.504 e. The van der Waals surface area contributed by atoms with Crippen LogP contribution in [0.2, 0.25) is 0 Å². The fourth-order valence-corrected chi connectivity index (χ4v) is 1.46. The van der Waals surface area contributed by atoms with Gasteiger partial charge < -0.3 is 21.3 Å². The Balaban J connectivity index is 2.14. The minimum atomic E-state index is -0.0196. The van der Waals surface area contributed by atoms with Crippen LogP contribution < -0.4 is 16.2 Å². The molecule has 0 bridgehead atoms. The van der Waals surface area contributed by atoms with E-state index in [0.29, 0.717) is 17.9 Å². The highest BCUT2D eigenvalue weighted by molar-refractivity contribution is 5.99. The number of hydrogen-bond donors (Lipinski definition) is 3. The Kier molecular flexibility index (Phi) is 4.34.